The molecule has 15 nitrogen and oxygen atoms in total. The van der Waals surface area contributed by atoms with Gasteiger partial charge in [-0.05, 0) is 77.0 Å². The first-order valence-electron chi connectivity index (χ1n) is 29.2. The van der Waals surface area contributed by atoms with Gasteiger partial charge in [0, 0.05) is 12.8 Å². The third-order valence-electron chi connectivity index (χ3n) is 13.8. The lowest BCUT2D eigenvalue weighted by Crippen LogP contribution is -2.61. The first-order chi connectivity index (χ1) is 36.0. The van der Waals surface area contributed by atoms with E-state index in [9.17, 15) is 45.3 Å². The van der Waals surface area contributed by atoms with E-state index in [4.69, 9.17) is 28.4 Å². The minimum absolute atomic E-state index is 0.140. The number of carbonyl (C=O) groups is 2. The Morgan fingerprint density at radius 2 is 0.838 bits per heavy atom. The molecule has 0 aromatic carbocycles. The van der Waals surface area contributed by atoms with Crippen LogP contribution in [0.2, 0.25) is 0 Å². The predicted octanol–water partition coefficient (Wildman–Crippen LogP) is 9.83. The summed E-state index contributed by atoms with van der Waals surface area (Å²) in [4.78, 5) is 25.8. The van der Waals surface area contributed by atoms with E-state index in [0.29, 0.717) is 19.3 Å². The van der Waals surface area contributed by atoms with Crippen LogP contribution in [0.15, 0.2) is 48.6 Å². The van der Waals surface area contributed by atoms with Crippen molar-refractivity contribution in [3.63, 3.8) is 0 Å². The summed E-state index contributed by atoms with van der Waals surface area (Å²) in [5, 5.41) is 72.2. The Hall–Kier alpha value is -2.54. The van der Waals surface area contributed by atoms with Gasteiger partial charge >= 0.3 is 11.9 Å². The van der Waals surface area contributed by atoms with Gasteiger partial charge in [0.15, 0.2) is 18.7 Å². The fourth-order valence-electron chi connectivity index (χ4n) is 8.97. The van der Waals surface area contributed by atoms with Crippen LogP contribution >= 0.6 is 0 Å². The van der Waals surface area contributed by atoms with Gasteiger partial charge in [-0.3, -0.25) is 9.59 Å². The molecular weight excluding hydrogens is 949 g/mol. The van der Waals surface area contributed by atoms with Crippen molar-refractivity contribution in [3.05, 3.63) is 48.6 Å². The molecule has 0 bridgehead atoms. The summed E-state index contributed by atoms with van der Waals surface area (Å²) < 4.78 is 33.6. The zero-order valence-electron chi connectivity index (χ0n) is 45.8. The third kappa shape index (κ3) is 32.3. The summed E-state index contributed by atoms with van der Waals surface area (Å²) in [6.07, 6.45) is 35.8. The Balaban J connectivity index is 1.76. The Bertz CT molecular complexity index is 1470. The number of aliphatic hydroxyl groups is 7. The number of hydrogen-bond donors (Lipinski definition) is 7. The molecule has 4 unspecified atom stereocenters. The minimum atomic E-state index is -1.77. The van der Waals surface area contributed by atoms with Gasteiger partial charge in [-0.15, -0.1) is 0 Å². The maximum Gasteiger partial charge on any atom is 0.306 e. The van der Waals surface area contributed by atoms with Gasteiger partial charge in [0.25, 0.3) is 0 Å². The normalized spacial score (nSPS) is 25.0. The zero-order valence-corrected chi connectivity index (χ0v) is 45.8. The van der Waals surface area contributed by atoms with Crippen LogP contribution in [0.3, 0.4) is 0 Å². The average Bonchev–Trinajstić information content (AvgIpc) is 3.39. The highest BCUT2D eigenvalue weighted by atomic mass is 16.7. The molecule has 0 amide bonds. The van der Waals surface area contributed by atoms with E-state index in [1.54, 1.807) is 0 Å². The van der Waals surface area contributed by atoms with Crippen molar-refractivity contribution < 1.29 is 73.8 Å². The summed E-state index contributed by atoms with van der Waals surface area (Å²) >= 11 is 0. The fourth-order valence-corrected chi connectivity index (χ4v) is 8.97. The van der Waals surface area contributed by atoms with Gasteiger partial charge < -0.3 is 64.2 Å². The minimum Gasteiger partial charge on any atom is -0.462 e. The maximum atomic E-state index is 13.0. The van der Waals surface area contributed by atoms with E-state index in [2.05, 4.69) is 62.5 Å². The Morgan fingerprint density at radius 1 is 0.432 bits per heavy atom. The molecule has 2 aliphatic heterocycles. The summed E-state index contributed by atoms with van der Waals surface area (Å²) in [5.74, 6) is -0.987. The zero-order chi connectivity index (χ0) is 53.9. The summed E-state index contributed by atoms with van der Waals surface area (Å²) in [6.45, 7) is 2.53. The second kappa shape index (κ2) is 45.5. The molecule has 2 heterocycles. The quantitative estimate of drug-likeness (QED) is 0.0171. The van der Waals surface area contributed by atoms with Crippen LogP contribution in [0.1, 0.15) is 219 Å². The fraction of sp³-hybridized carbons (Fsp3) is 0.831. The van der Waals surface area contributed by atoms with E-state index < -0.39 is 99.3 Å². The van der Waals surface area contributed by atoms with Crippen LogP contribution in [-0.4, -0.2) is 142 Å². The number of esters is 2. The van der Waals surface area contributed by atoms with E-state index in [0.717, 1.165) is 64.2 Å². The maximum absolute atomic E-state index is 13.0. The molecule has 0 aliphatic carbocycles. The number of aliphatic hydroxyl groups excluding tert-OH is 7. The Labute approximate surface area is 446 Å². The first kappa shape index (κ1) is 67.6. The van der Waals surface area contributed by atoms with Crippen LogP contribution < -0.4 is 0 Å². The van der Waals surface area contributed by atoms with Crippen molar-refractivity contribution in [1.29, 1.82) is 0 Å². The molecule has 7 N–H and O–H groups in total. The van der Waals surface area contributed by atoms with Gasteiger partial charge in [-0.25, -0.2) is 0 Å². The van der Waals surface area contributed by atoms with E-state index in [-0.39, 0.29) is 19.4 Å². The van der Waals surface area contributed by atoms with E-state index in [1.807, 2.05) is 0 Å². The Kier molecular flexibility index (Phi) is 41.5. The van der Waals surface area contributed by atoms with Crippen LogP contribution in [0.25, 0.3) is 0 Å². The van der Waals surface area contributed by atoms with Crippen molar-refractivity contribution in [3.8, 4) is 0 Å². The van der Waals surface area contributed by atoms with Crippen molar-refractivity contribution >= 4 is 11.9 Å². The molecule has 0 radical (unpaired) electrons. The van der Waals surface area contributed by atoms with Crippen molar-refractivity contribution in [2.45, 2.75) is 287 Å². The van der Waals surface area contributed by atoms with Crippen LogP contribution in [-0.2, 0) is 38.0 Å². The van der Waals surface area contributed by atoms with Crippen LogP contribution in [0.5, 0.6) is 0 Å². The topological polar surface area (TPSA) is 231 Å². The molecule has 2 aliphatic rings. The molecule has 0 aromatic rings. The summed E-state index contributed by atoms with van der Waals surface area (Å²) in [5.41, 5.74) is 0. The van der Waals surface area contributed by atoms with Crippen molar-refractivity contribution in [2.75, 3.05) is 26.4 Å². The van der Waals surface area contributed by atoms with Gasteiger partial charge in [0.1, 0.15) is 55.4 Å². The SMILES string of the molecule is CCCCC/C=C/C/C=C/CCCCCCCC(=O)O[C@@H](COC(=O)CCC/C=C/CC/C=C/CCCCCCCCCCCCCCCC)CO[C@@H]1O[C@H](CO[C@@H]2O[C@H](CO)[C@H](O)C(O)C2O)[C@H](O)C(O)C1O. The lowest BCUT2D eigenvalue weighted by Gasteiger charge is -2.42. The second-order valence-electron chi connectivity index (χ2n) is 20.5. The first-order valence-corrected chi connectivity index (χ1v) is 29.2. The third-order valence-corrected chi connectivity index (χ3v) is 13.8. The van der Waals surface area contributed by atoms with E-state index in [1.165, 1.54) is 109 Å². The monoisotopic (exact) mass is 1050 g/mol. The lowest BCUT2D eigenvalue weighted by atomic mass is 9.98. The second-order valence-corrected chi connectivity index (χ2v) is 20.5. The highest BCUT2D eigenvalue weighted by molar-refractivity contribution is 5.70. The van der Waals surface area contributed by atoms with Crippen molar-refractivity contribution in [1.82, 2.24) is 0 Å². The summed E-state index contributed by atoms with van der Waals surface area (Å²) in [7, 11) is 0. The number of carbonyl (C=O) groups excluding carboxylic acids is 2. The molecule has 430 valence electrons. The average molecular weight is 1050 g/mol. The number of hydrogen-bond acceptors (Lipinski definition) is 15. The molecule has 11 atom stereocenters. The number of unbranched alkanes of at least 4 members (excludes halogenated alkanes) is 24. The molecule has 2 rings (SSSR count). The number of rotatable bonds is 46. The van der Waals surface area contributed by atoms with Crippen LogP contribution in [0, 0.1) is 0 Å². The Morgan fingerprint density at radius 3 is 1.38 bits per heavy atom. The number of allylic oxidation sites excluding steroid dienone is 8. The van der Waals surface area contributed by atoms with Gasteiger partial charge in [0.2, 0.25) is 0 Å². The van der Waals surface area contributed by atoms with E-state index >= 15 is 0 Å². The molecule has 2 saturated heterocycles. The largest absolute Gasteiger partial charge is 0.462 e. The molecule has 74 heavy (non-hydrogen) atoms. The van der Waals surface area contributed by atoms with Gasteiger partial charge in [0.05, 0.1) is 19.8 Å². The highest BCUT2D eigenvalue weighted by Crippen LogP contribution is 2.27. The van der Waals surface area contributed by atoms with Crippen molar-refractivity contribution in [2.24, 2.45) is 0 Å². The summed E-state index contributed by atoms with van der Waals surface area (Å²) in [6, 6.07) is 0. The molecule has 0 saturated carbocycles. The lowest BCUT2D eigenvalue weighted by molar-refractivity contribution is -0.332. The smallest absolute Gasteiger partial charge is 0.306 e. The predicted molar refractivity (Wildman–Crippen MR) is 289 cm³/mol. The molecular formula is C59H104O15. The molecule has 0 spiro atoms. The molecule has 15 heteroatoms. The standard InChI is InChI=1S/C59H104O15/c1-3-5-7-9-11-13-15-17-19-20-21-22-23-24-25-26-28-29-31-33-35-37-39-41-50(61)69-44-47(72-51(62)42-40-38-36-34-32-30-27-18-16-14-12-10-8-6-4-2)45-70-58-57(68)55(66)53(64)49(74-58)46-71-59-56(67)54(65)52(63)48(43-60)73-59/h12,14,18,26-28,33,35,47-49,52-60,63-68H,3-11,13,15-17,19-25,29-32,34,36-46H2,1-2H3/b14-12+,27-18+,28-26+,35-33+/t47-,48+,49+,52-,53-,54?,55?,56?,57?,58+,59+/m0/s1. The number of ether oxygens (including phenoxy) is 6. The molecule has 0 aromatic heterocycles. The molecule has 2 fully saturated rings. The van der Waals surface area contributed by atoms with Gasteiger partial charge in [-0.1, -0.05) is 178 Å². The van der Waals surface area contributed by atoms with Gasteiger partial charge in [-0.2, -0.15) is 0 Å². The highest BCUT2D eigenvalue weighted by Gasteiger charge is 2.47. The van der Waals surface area contributed by atoms with Crippen LogP contribution in [0.4, 0.5) is 0 Å².